The van der Waals surface area contributed by atoms with Gasteiger partial charge in [-0.25, -0.2) is 9.59 Å². The van der Waals surface area contributed by atoms with E-state index in [1.807, 2.05) is 24.3 Å². The maximum atomic E-state index is 12.8. The van der Waals surface area contributed by atoms with Crippen LogP contribution in [0, 0.1) is 23.7 Å². The molecule has 2 saturated heterocycles. The van der Waals surface area contributed by atoms with E-state index in [0.717, 1.165) is 67.6 Å². The summed E-state index contributed by atoms with van der Waals surface area (Å²) in [4.78, 5) is 35.7. The highest BCUT2D eigenvalue weighted by Gasteiger charge is 2.38. The molecule has 2 aliphatic heterocycles. The lowest BCUT2D eigenvalue weighted by Crippen LogP contribution is -2.29. The van der Waals surface area contributed by atoms with Gasteiger partial charge in [0.1, 0.15) is 5.75 Å². The van der Waals surface area contributed by atoms with Crippen molar-refractivity contribution in [3.8, 4) is 5.75 Å². The summed E-state index contributed by atoms with van der Waals surface area (Å²) < 4.78 is 5.93. The van der Waals surface area contributed by atoms with Crippen LogP contribution in [0.4, 0.5) is 0 Å². The molecule has 1 aromatic carbocycles. The molecule has 34 heavy (non-hydrogen) atoms. The number of carboxylic acid groups (broad SMARTS) is 2. The molecule has 8 nitrogen and oxygen atoms in total. The van der Waals surface area contributed by atoms with Gasteiger partial charge in [-0.1, -0.05) is 12.8 Å². The fourth-order valence-corrected chi connectivity index (χ4v) is 6.27. The monoisotopic (exact) mass is 472 g/mol. The van der Waals surface area contributed by atoms with E-state index in [4.69, 9.17) is 24.5 Å². The molecule has 4 unspecified atom stereocenters. The van der Waals surface area contributed by atoms with Crippen molar-refractivity contribution in [3.63, 3.8) is 0 Å². The fourth-order valence-electron chi connectivity index (χ4n) is 6.27. The lowest BCUT2D eigenvalue weighted by atomic mass is 10.0. The van der Waals surface area contributed by atoms with Crippen molar-refractivity contribution >= 4 is 17.8 Å². The topological polar surface area (TPSA) is 107 Å². The number of rotatable bonds is 6. The maximum absolute atomic E-state index is 12.8. The molecular formula is C26H36N2O6. The van der Waals surface area contributed by atoms with Gasteiger partial charge in [-0.15, -0.1) is 0 Å². The van der Waals surface area contributed by atoms with Gasteiger partial charge in [0, 0.05) is 38.3 Å². The summed E-state index contributed by atoms with van der Waals surface area (Å²) in [6, 6.07) is 7.80. The van der Waals surface area contributed by atoms with Crippen LogP contribution in [0.1, 0.15) is 55.3 Å². The third-order valence-corrected chi connectivity index (χ3v) is 7.99. The summed E-state index contributed by atoms with van der Waals surface area (Å²) >= 11 is 0. The number of benzene rings is 1. The molecule has 2 N–H and O–H groups in total. The lowest BCUT2D eigenvalue weighted by Gasteiger charge is -2.18. The van der Waals surface area contributed by atoms with Gasteiger partial charge >= 0.3 is 11.9 Å². The van der Waals surface area contributed by atoms with Crippen LogP contribution < -0.4 is 4.74 Å². The number of hydrogen-bond acceptors (Lipinski definition) is 5. The van der Waals surface area contributed by atoms with Gasteiger partial charge in [0.05, 0.1) is 6.61 Å². The van der Waals surface area contributed by atoms with Gasteiger partial charge in [0.2, 0.25) is 0 Å². The molecular weight excluding hydrogens is 436 g/mol. The molecule has 0 spiro atoms. The quantitative estimate of drug-likeness (QED) is 0.483. The highest BCUT2D eigenvalue weighted by Crippen LogP contribution is 2.38. The number of fused-ring (bicyclic) bond motifs is 2. The number of amides is 1. The van der Waals surface area contributed by atoms with Crippen molar-refractivity contribution in [2.75, 3.05) is 39.3 Å². The summed E-state index contributed by atoms with van der Waals surface area (Å²) in [6.45, 7) is 6.44. The summed E-state index contributed by atoms with van der Waals surface area (Å²) in [5.41, 5.74) is 0.802. The van der Waals surface area contributed by atoms with Crippen molar-refractivity contribution in [1.82, 2.24) is 9.80 Å². The standard InChI is InChI=1S/C24H34N2O2.C2H2O4/c27-24(26-16-21-6-2-7-22(21)17-26)18-8-10-23(11-9-18)28-13-3-12-25-14-19-4-1-5-20(19)15-25;3-1(4)2(5)6/h8-11,19-22H,1-7,12-17H2;(H,3,4)(H,5,6). The number of nitrogens with zero attached hydrogens (tertiary/aromatic N) is 2. The van der Waals surface area contributed by atoms with E-state index in [-0.39, 0.29) is 5.91 Å². The van der Waals surface area contributed by atoms with E-state index < -0.39 is 11.9 Å². The van der Waals surface area contributed by atoms with Gasteiger partial charge in [-0.05, 0) is 80.0 Å². The van der Waals surface area contributed by atoms with Crippen LogP contribution in [-0.2, 0) is 9.59 Å². The minimum absolute atomic E-state index is 0.195. The molecule has 2 aliphatic carbocycles. The van der Waals surface area contributed by atoms with E-state index in [1.54, 1.807) is 0 Å². The normalized spacial score (nSPS) is 27.6. The van der Waals surface area contributed by atoms with Crippen LogP contribution in [0.3, 0.4) is 0 Å². The average molecular weight is 473 g/mol. The second kappa shape index (κ2) is 11.2. The molecule has 4 aliphatic rings. The summed E-state index contributed by atoms with van der Waals surface area (Å²) in [5.74, 6) is 0.879. The average Bonchev–Trinajstić information content (AvgIpc) is 3.58. The highest BCUT2D eigenvalue weighted by atomic mass is 16.5. The van der Waals surface area contributed by atoms with E-state index in [0.29, 0.717) is 0 Å². The van der Waals surface area contributed by atoms with Gasteiger partial charge in [-0.3, -0.25) is 4.79 Å². The van der Waals surface area contributed by atoms with Crippen LogP contribution in [-0.4, -0.2) is 77.2 Å². The van der Waals surface area contributed by atoms with E-state index in [1.165, 1.54) is 51.6 Å². The molecule has 4 fully saturated rings. The van der Waals surface area contributed by atoms with Gasteiger partial charge in [0.15, 0.2) is 0 Å². The first-order chi connectivity index (χ1) is 16.4. The molecule has 0 radical (unpaired) electrons. The van der Waals surface area contributed by atoms with E-state index in [2.05, 4.69) is 9.80 Å². The SMILES string of the molecule is O=C(O)C(=O)O.O=C(c1ccc(OCCCN2CC3CCCC3C2)cc1)N1CC2CCCC2C1. The number of aliphatic carboxylic acids is 2. The van der Waals surface area contributed by atoms with Gasteiger partial charge in [0.25, 0.3) is 5.91 Å². The van der Waals surface area contributed by atoms with Crippen molar-refractivity contribution in [3.05, 3.63) is 29.8 Å². The number of carboxylic acids is 2. The Balaban J connectivity index is 0.000000408. The van der Waals surface area contributed by atoms with E-state index in [9.17, 15) is 4.79 Å². The second-order valence-corrected chi connectivity index (χ2v) is 10.2. The fraction of sp³-hybridized carbons (Fsp3) is 0.654. The molecule has 0 bridgehead atoms. The molecule has 0 aromatic heterocycles. The minimum atomic E-state index is -1.82. The third kappa shape index (κ3) is 6.09. The first kappa shape index (κ1) is 24.5. The minimum Gasteiger partial charge on any atom is -0.494 e. The van der Waals surface area contributed by atoms with Gasteiger partial charge < -0.3 is 24.7 Å². The van der Waals surface area contributed by atoms with Crippen molar-refractivity contribution in [1.29, 1.82) is 0 Å². The smallest absolute Gasteiger partial charge is 0.414 e. The Morgan fingerprint density at radius 2 is 1.29 bits per heavy atom. The Morgan fingerprint density at radius 3 is 1.79 bits per heavy atom. The van der Waals surface area contributed by atoms with E-state index >= 15 is 0 Å². The molecule has 2 heterocycles. The number of carbonyl (C=O) groups excluding carboxylic acids is 1. The molecule has 5 rings (SSSR count). The Morgan fingerprint density at radius 1 is 0.794 bits per heavy atom. The first-order valence-corrected chi connectivity index (χ1v) is 12.6. The number of hydrogen-bond donors (Lipinski definition) is 2. The Labute approximate surface area is 200 Å². The van der Waals surface area contributed by atoms with Crippen molar-refractivity contribution < 1.29 is 29.3 Å². The van der Waals surface area contributed by atoms with Crippen molar-refractivity contribution in [2.24, 2.45) is 23.7 Å². The number of carbonyl (C=O) groups is 3. The third-order valence-electron chi connectivity index (χ3n) is 7.99. The second-order valence-electron chi connectivity index (χ2n) is 10.2. The van der Waals surface area contributed by atoms with Crippen LogP contribution >= 0.6 is 0 Å². The van der Waals surface area contributed by atoms with Gasteiger partial charge in [-0.2, -0.15) is 0 Å². The predicted molar refractivity (Wildman–Crippen MR) is 126 cm³/mol. The largest absolute Gasteiger partial charge is 0.494 e. The zero-order chi connectivity index (χ0) is 24.1. The molecule has 186 valence electrons. The molecule has 4 atom stereocenters. The summed E-state index contributed by atoms with van der Waals surface area (Å²) in [7, 11) is 0. The van der Waals surface area contributed by atoms with Crippen LogP contribution in [0.2, 0.25) is 0 Å². The van der Waals surface area contributed by atoms with Crippen LogP contribution in [0.15, 0.2) is 24.3 Å². The molecule has 8 heteroatoms. The zero-order valence-corrected chi connectivity index (χ0v) is 19.7. The Hall–Kier alpha value is -2.61. The Bertz CT molecular complexity index is 837. The summed E-state index contributed by atoms with van der Waals surface area (Å²) in [6.07, 6.45) is 9.38. The molecule has 1 amide bonds. The lowest BCUT2D eigenvalue weighted by molar-refractivity contribution is -0.159. The zero-order valence-electron chi connectivity index (χ0n) is 19.7. The van der Waals surface area contributed by atoms with Crippen LogP contribution in [0.5, 0.6) is 5.75 Å². The van der Waals surface area contributed by atoms with Crippen LogP contribution in [0.25, 0.3) is 0 Å². The highest BCUT2D eigenvalue weighted by molar-refractivity contribution is 6.27. The predicted octanol–water partition coefficient (Wildman–Crippen LogP) is 3.22. The number of likely N-dealkylation sites (tertiary alicyclic amines) is 2. The molecule has 2 saturated carbocycles. The van der Waals surface area contributed by atoms with Crippen molar-refractivity contribution in [2.45, 2.75) is 44.9 Å². The first-order valence-electron chi connectivity index (χ1n) is 12.6. The molecule has 1 aromatic rings. The Kier molecular flexibility index (Phi) is 8.08. The maximum Gasteiger partial charge on any atom is 0.414 e. The summed E-state index contributed by atoms with van der Waals surface area (Å²) in [5, 5.41) is 14.8. The number of ether oxygens (including phenoxy) is 1.